The third kappa shape index (κ3) is 6.50. The third-order valence-electron chi connectivity index (χ3n) is 6.68. The number of nitrogens with one attached hydrogen (secondary N) is 1. The highest BCUT2D eigenvalue weighted by Gasteiger charge is 2.42. The van der Waals surface area contributed by atoms with E-state index in [1.807, 2.05) is 31.2 Å². The molecule has 2 unspecified atom stereocenters. The van der Waals surface area contributed by atoms with Gasteiger partial charge in [-0.3, -0.25) is 0 Å². The Bertz CT molecular complexity index is 1160. The zero-order valence-electron chi connectivity index (χ0n) is 20.0. The van der Waals surface area contributed by atoms with E-state index >= 15 is 0 Å². The zero-order chi connectivity index (χ0) is 25.2. The molecule has 5 nitrogen and oxygen atoms in total. The third-order valence-corrected chi connectivity index (χ3v) is 7.18. The molecular weight excluding hydrogens is 523 g/mol. The summed E-state index contributed by atoms with van der Waals surface area (Å²) in [5.74, 6) is 1.09. The lowest BCUT2D eigenvalue weighted by Gasteiger charge is -2.32. The van der Waals surface area contributed by atoms with Gasteiger partial charge in [0.05, 0.1) is 30.8 Å². The molecule has 190 valence electrons. The molecule has 35 heavy (non-hydrogen) atoms. The second-order valence-electron chi connectivity index (χ2n) is 9.66. The van der Waals surface area contributed by atoms with Crippen molar-refractivity contribution in [1.29, 1.82) is 0 Å². The molecule has 0 amide bonds. The van der Waals surface area contributed by atoms with Crippen LogP contribution in [0.4, 0.5) is 19.0 Å². The average Bonchev–Trinajstić information content (AvgIpc) is 3.19. The molecule has 3 aromatic rings. The van der Waals surface area contributed by atoms with E-state index in [9.17, 15) is 18.3 Å². The first kappa shape index (κ1) is 25.8. The molecule has 0 spiro atoms. The van der Waals surface area contributed by atoms with Gasteiger partial charge in [-0.25, -0.2) is 4.98 Å². The fourth-order valence-corrected chi connectivity index (χ4v) is 5.55. The van der Waals surface area contributed by atoms with Crippen molar-refractivity contribution in [3.05, 3.63) is 52.3 Å². The van der Waals surface area contributed by atoms with Crippen LogP contribution in [0.2, 0.25) is 0 Å². The number of hydrogen-bond donors (Lipinski definition) is 2. The van der Waals surface area contributed by atoms with Crippen LogP contribution in [-0.4, -0.2) is 47.1 Å². The predicted octanol–water partition coefficient (Wildman–Crippen LogP) is 6.74. The van der Waals surface area contributed by atoms with E-state index in [1.165, 1.54) is 13.5 Å². The van der Waals surface area contributed by atoms with E-state index in [4.69, 9.17) is 4.74 Å². The zero-order valence-corrected chi connectivity index (χ0v) is 21.5. The van der Waals surface area contributed by atoms with Crippen LogP contribution in [0.5, 0.6) is 5.75 Å². The molecule has 0 saturated carbocycles. The first-order valence-corrected chi connectivity index (χ1v) is 12.7. The summed E-state index contributed by atoms with van der Waals surface area (Å²) in [5.41, 5.74) is 0.0544. The SMILES string of the molecule is COc1ccc(Br)cc1C(C)CC(O)(Cc1cc2cc(N3CCCCC3)ncc2[nH]1)CC(F)(F)F. The van der Waals surface area contributed by atoms with E-state index in [1.54, 1.807) is 12.3 Å². The van der Waals surface area contributed by atoms with Gasteiger partial charge in [0.25, 0.3) is 0 Å². The standard InChI is InChI=1S/C26H31BrF3N3O2/c1-17(21-12-19(27)6-7-23(21)35-2)13-25(34,16-26(28,29)30)14-20-10-18-11-24(31-15-22(18)32-20)33-8-4-3-5-9-33/h6-7,10-12,15,17,32,34H,3-5,8-9,13-14,16H2,1-2H3. The molecule has 0 aliphatic carbocycles. The molecular formula is C26H31BrF3N3O2. The number of H-pyrrole nitrogens is 1. The maximum absolute atomic E-state index is 13.6. The normalized spacial score (nSPS) is 17.4. The summed E-state index contributed by atoms with van der Waals surface area (Å²) < 4.78 is 46.9. The number of ether oxygens (including phenoxy) is 1. The van der Waals surface area contributed by atoms with Gasteiger partial charge in [0.1, 0.15) is 11.6 Å². The highest BCUT2D eigenvalue weighted by Crippen LogP contribution is 2.40. The number of rotatable bonds is 8. The summed E-state index contributed by atoms with van der Waals surface area (Å²) in [6.07, 6.45) is -0.840. The molecule has 4 rings (SSSR count). The largest absolute Gasteiger partial charge is 0.496 e. The summed E-state index contributed by atoms with van der Waals surface area (Å²) >= 11 is 3.42. The van der Waals surface area contributed by atoms with Crippen molar-refractivity contribution in [2.24, 2.45) is 0 Å². The number of alkyl halides is 3. The van der Waals surface area contributed by atoms with Gasteiger partial charge in [0.15, 0.2) is 0 Å². The number of halogens is 4. The highest BCUT2D eigenvalue weighted by atomic mass is 79.9. The minimum Gasteiger partial charge on any atom is -0.496 e. The first-order valence-electron chi connectivity index (χ1n) is 11.9. The Labute approximate surface area is 211 Å². The second-order valence-corrected chi connectivity index (χ2v) is 10.6. The average molecular weight is 554 g/mol. The van der Waals surface area contributed by atoms with E-state index in [2.05, 4.69) is 30.8 Å². The Hall–Kier alpha value is -2.26. The molecule has 9 heteroatoms. The molecule has 1 saturated heterocycles. The van der Waals surface area contributed by atoms with Crippen LogP contribution in [0.15, 0.2) is 41.0 Å². The number of benzene rings is 1. The summed E-state index contributed by atoms with van der Waals surface area (Å²) in [6, 6.07) is 9.21. The van der Waals surface area contributed by atoms with E-state index in [0.29, 0.717) is 11.4 Å². The Morgan fingerprint density at radius 2 is 1.91 bits per heavy atom. The van der Waals surface area contributed by atoms with E-state index in [-0.39, 0.29) is 18.8 Å². The Morgan fingerprint density at radius 1 is 1.17 bits per heavy atom. The maximum Gasteiger partial charge on any atom is 0.391 e. The number of aromatic nitrogens is 2. The highest BCUT2D eigenvalue weighted by molar-refractivity contribution is 9.10. The van der Waals surface area contributed by atoms with Gasteiger partial charge in [0, 0.05) is 35.1 Å². The predicted molar refractivity (Wildman–Crippen MR) is 135 cm³/mol. The van der Waals surface area contributed by atoms with Gasteiger partial charge >= 0.3 is 6.18 Å². The number of hydrogen-bond acceptors (Lipinski definition) is 4. The van der Waals surface area contributed by atoms with E-state index in [0.717, 1.165) is 52.7 Å². The molecule has 0 bridgehead atoms. The summed E-state index contributed by atoms with van der Waals surface area (Å²) in [7, 11) is 1.53. The van der Waals surface area contributed by atoms with Crippen LogP contribution in [0.3, 0.4) is 0 Å². The van der Waals surface area contributed by atoms with Gasteiger partial charge in [-0.2, -0.15) is 13.2 Å². The molecule has 1 aliphatic heterocycles. The molecule has 2 aromatic heterocycles. The van der Waals surface area contributed by atoms with Gasteiger partial charge in [0.2, 0.25) is 0 Å². The lowest BCUT2D eigenvalue weighted by atomic mass is 9.81. The van der Waals surface area contributed by atoms with Crippen molar-refractivity contribution in [2.45, 2.75) is 63.1 Å². The molecule has 0 radical (unpaired) electrons. The summed E-state index contributed by atoms with van der Waals surface area (Å²) in [6.45, 7) is 3.72. The monoisotopic (exact) mass is 553 g/mol. The number of methoxy groups -OCH3 is 1. The van der Waals surface area contributed by atoms with Gasteiger partial charge in [-0.15, -0.1) is 0 Å². The van der Waals surface area contributed by atoms with Crippen LogP contribution >= 0.6 is 15.9 Å². The van der Waals surface area contributed by atoms with Gasteiger partial charge in [-0.1, -0.05) is 22.9 Å². The number of anilines is 1. The van der Waals surface area contributed by atoms with Gasteiger partial charge < -0.3 is 19.7 Å². The number of fused-ring (bicyclic) bond motifs is 1. The van der Waals surface area contributed by atoms with Crippen LogP contribution in [0, 0.1) is 0 Å². The number of pyridine rings is 1. The van der Waals surface area contributed by atoms with Crippen LogP contribution in [-0.2, 0) is 6.42 Å². The van der Waals surface area contributed by atoms with E-state index < -0.39 is 18.2 Å². The molecule has 1 fully saturated rings. The van der Waals surface area contributed by atoms with Crippen LogP contribution in [0.25, 0.3) is 10.9 Å². The number of piperidine rings is 1. The molecule has 1 aliphatic rings. The second kappa shape index (κ2) is 10.4. The van der Waals surface area contributed by atoms with Crippen molar-refractivity contribution >= 4 is 32.7 Å². The minimum absolute atomic E-state index is 0.0774. The summed E-state index contributed by atoms with van der Waals surface area (Å²) in [5, 5.41) is 12.2. The minimum atomic E-state index is -4.51. The number of aliphatic hydroxyl groups is 1. The molecule has 2 N–H and O–H groups in total. The molecule has 1 aromatic carbocycles. The molecule has 2 atom stereocenters. The topological polar surface area (TPSA) is 61.4 Å². The fourth-order valence-electron chi connectivity index (χ4n) is 5.18. The maximum atomic E-state index is 13.6. The van der Waals surface area contributed by atoms with Crippen molar-refractivity contribution < 1.29 is 23.0 Å². The smallest absolute Gasteiger partial charge is 0.391 e. The summed E-state index contributed by atoms with van der Waals surface area (Å²) in [4.78, 5) is 9.96. The van der Waals surface area contributed by atoms with Crippen LogP contribution < -0.4 is 9.64 Å². The van der Waals surface area contributed by atoms with Crippen molar-refractivity contribution in [3.8, 4) is 5.75 Å². The van der Waals surface area contributed by atoms with Gasteiger partial charge in [-0.05, 0) is 67.5 Å². The Morgan fingerprint density at radius 3 is 2.60 bits per heavy atom. The quantitative estimate of drug-likeness (QED) is 0.324. The van der Waals surface area contributed by atoms with Crippen molar-refractivity contribution in [3.63, 3.8) is 0 Å². The fraction of sp³-hybridized carbons (Fsp3) is 0.500. The first-order chi connectivity index (χ1) is 16.5. The van der Waals surface area contributed by atoms with Crippen molar-refractivity contribution in [2.75, 3.05) is 25.1 Å². The Kier molecular flexibility index (Phi) is 7.66. The number of nitrogens with zero attached hydrogens (tertiary/aromatic N) is 2. The van der Waals surface area contributed by atoms with Crippen molar-refractivity contribution in [1.82, 2.24) is 9.97 Å². The lowest BCUT2D eigenvalue weighted by Crippen LogP contribution is -2.38. The Balaban J connectivity index is 1.59. The molecule has 3 heterocycles. The lowest BCUT2D eigenvalue weighted by molar-refractivity contribution is -0.178. The number of aromatic amines is 1. The van der Waals surface area contributed by atoms with Crippen LogP contribution in [0.1, 0.15) is 56.2 Å².